The van der Waals surface area contributed by atoms with Gasteiger partial charge in [-0.15, -0.1) is 0 Å². The Kier molecular flexibility index (Phi) is 2.74. The highest BCUT2D eigenvalue weighted by Gasteiger charge is 2.35. The smallest absolute Gasteiger partial charge is 0.267 e. The lowest BCUT2D eigenvalue weighted by molar-refractivity contribution is 0.0892. The average molecular weight is 310 g/mol. The topological polar surface area (TPSA) is 59.5 Å². The number of ether oxygens (including phenoxy) is 1. The molecule has 0 atom stereocenters. The van der Waals surface area contributed by atoms with Gasteiger partial charge in [0.15, 0.2) is 5.82 Å². The van der Waals surface area contributed by atoms with Crippen molar-refractivity contribution in [2.24, 2.45) is 0 Å². The van der Waals surface area contributed by atoms with E-state index in [1.54, 1.807) is 42.8 Å². The van der Waals surface area contributed by atoms with Crippen LogP contribution in [0.15, 0.2) is 41.8 Å². The molecule has 2 amide bonds. The summed E-state index contributed by atoms with van der Waals surface area (Å²) in [5.41, 5.74) is 0.970. The molecule has 0 saturated carbocycles. The van der Waals surface area contributed by atoms with E-state index in [1.807, 2.05) is 6.07 Å². The SMILES string of the molecule is COc1ccc2c3c(cccc13)C(=O)N(c1ccsn1)C2=O. The molecule has 0 unspecified atom stereocenters. The number of aromatic nitrogens is 1. The Bertz CT molecular complexity index is 896. The Hall–Kier alpha value is -2.73. The first-order valence-electron chi connectivity index (χ1n) is 6.61. The normalized spacial score (nSPS) is 13.8. The number of benzene rings is 2. The molecule has 0 aliphatic carbocycles. The van der Waals surface area contributed by atoms with Crippen LogP contribution in [-0.2, 0) is 0 Å². The van der Waals surface area contributed by atoms with Crippen LogP contribution in [0.2, 0.25) is 0 Å². The zero-order valence-electron chi connectivity index (χ0n) is 11.6. The van der Waals surface area contributed by atoms with Crippen LogP contribution >= 0.6 is 11.5 Å². The average Bonchev–Trinajstić information content (AvgIpc) is 3.06. The second-order valence-corrected chi connectivity index (χ2v) is 5.51. The molecule has 5 nitrogen and oxygen atoms in total. The lowest BCUT2D eigenvalue weighted by atomic mass is 9.93. The lowest BCUT2D eigenvalue weighted by Crippen LogP contribution is -2.40. The van der Waals surface area contributed by atoms with Crippen molar-refractivity contribution in [2.75, 3.05) is 12.0 Å². The number of rotatable bonds is 2. The minimum atomic E-state index is -0.359. The summed E-state index contributed by atoms with van der Waals surface area (Å²) in [6.07, 6.45) is 0. The van der Waals surface area contributed by atoms with Crippen molar-refractivity contribution in [1.29, 1.82) is 0 Å². The van der Waals surface area contributed by atoms with Crippen LogP contribution in [0.25, 0.3) is 10.8 Å². The molecule has 0 saturated heterocycles. The van der Waals surface area contributed by atoms with Gasteiger partial charge in [-0.05, 0) is 35.8 Å². The summed E-state index contributed by atoms with van der Waals surface area (Å²) in [6, 6.07) is 10.5. The van der Waals surface area contributed by atoms with Crippen LogP contribution in [0.4, 0.5) is 5.82 Å². The summed E-state index contributed by atoms with van der Waals surface area (Å²) in [7, 11) is 1.57. The quantitative estimate of drug-likeness (QED) is 0.682. The number of hydrogen-bond acceptors (Lipinski definition) is 5. The maximum absolute atomic E-state index is 12.7. The number of carbonyl (C=O) groups is 2. The Morgan fingerprint density at radius 2 is 1.82 bits per heavy atom. The molecule has 6 heteroatoms. The summed E-state index contributed by atoms with van der Waals surface area (Å²) in [6.45, 7) is 0. The number of methoxy groups -OCH3 is 1. The number of imide groups is 1. The van der Waals surface area contributed by atoms with Crippen molar-refractivity contribution in [2.45, 2.75) is 0 Å². The third kappa shape index (κ3) is 1.61. The fourth-order valence-electron chi connectivity index (χ4n) is 2.78. The molecular formula is C16H10N2O3S. The second kappa shape index (κ2) is 4.64. The van der Waals surface area contributed by atoms with Crippen LogP contribution < -0.4 is 9.64 Å². The number of carbonyl (C=O) groups excluding carboxylic acids is 2. The molecule has 0 N–H and O–H groups in total. The first-order chi connectivity index (χ1) is 10.7. The van der Waals surface area contributed by atoms with Gasteiger partial charge in [-0.2, -0.15) is 4.37 Å². The van der Waals surface area contributed by atoms with Crippen molar-refractivity contribution >= 4 is 39.9 Å². The van der Waals surface area contributed by atoms with Gasteiger partial charge in [0.25, 0.3) is 11.8 Å². The van der Waals surface area contributed by atoms with Gasteiger partial charge in [0, 0.05) is 27.3 Å². The minimum absolute atomic E-state index is 0.359. The van der Waals surface area contributed by atoms with E-state index >= 15 is 0 Å². The summed E-state index contributed by atoms with van der Waals surface area (Å²) in [5.74, 6) is 0.284. The fourth-order valence-corrected chi connectivity index (χ4v) is 3.27. The van der Waals surface area contributed by atoms with E-state index in [9.17, 15) is 9.59 Å². The van der Waals surface area contributed by atoms with Crippen molar-refractivity contribution in [3.8, 4) is 5.75 Å². The number of hydrogen-bond donors (Lipinski definition) is 0. The van der Waals surface area contributed by atoms with E-state index in [0.29, 0.717) is 28.1 Å². The predicted octanol–water partition coefficient (Wildman–Crippen LogP) is 3.11. The molecule has 1 aromatic heterocycles. The highest BCUT2D eigenvalue weighted by atomic mass is 32.1. The van der Waals surface area contributed by atoms with Crippen molar-refractivity contribution < 1.29 is 14.3 Å². The Balaban J connectivity index is 2.04. The maximum Gasteiger partial charge on any atom is 0.267 e. The van der Waals surface area contributed by atoms with Gasteiger partial charge >= 0.3 is 0 Å². The molecule has 2 heterocycles. The molecule has 22 heavy (non-hydrogen) atoms. The second-order valence-electron chi connectivity index (χ2n) is 4.85. The molecule has 1 aliphatic rings. The summed E-state index contributed by atoms with van der Waals surface area (Å²) in [4.78, 5) is 26.6. The van der Waals surface area contributed by atoms with Crippen LogP contribution in [-0.4, -0.2) is 23.3 Å². The number of amides is 2. The fraction of sp³-hybridized carbons (Fsp3) is 0.0625. The van der Waals surface area contributed by atoms with Crippen molar-refractivity contribution in [3.63, 3.8) is 0 Å². The zero-order valence-corrected chi connectivity index (χ0v) is 12.4. The van der Waals surface area contributed by atoms with E-state index in [1.165, 1.54) is 11.5 Å². The van der Waals surface area contributed by atoms with Gasteiger partial charge in [0.1, 0.15) is 5.75 Å². The molecule has 0 bridgehead atoms. The van der Waals surface area contributed by atoms with Gasteiger partial charge in [-0.25, -0.2) is 4.90 Å². The van der Waals surface area contributed by atoms with Gasteiger partial charge in [0.2, 0.25) is 0 Å². The van der Waals surface area contributed by atoms with E-state index < -0.39 is 0 Å². The third-order valence-electron chi connectivity index (χ3n) is 3.74. The zero-order chi connectivity index (χ0) is 15.3. The van der Waals surface area contributed by atoms with E-state index in [0.717, 1.165) is 10.3 Å². The first kappa shape index (κ1) is 13.0. The summed E-state index contributed by atoms with van der Waals surface area (Å²) < 4.78 is 9.44. The minimum Gasteiger partial charge on any atom is -0.496 e. The van der Waals surface area contributed by atoms with Gasteiger partial charge in [-0.3, -0.25) is 9.59 Å². The lowest BCUT2D eigenvalue weighted by Gasteiger charge is -2.25. The molecule has 0 radical (unpaired) electrons. The number of nitrogens with zero attached hydrogens (tertiary/aromatic N) is 2. The molecule has 4 rings (SSSR count). The molecule has 3 aromatic rings. The first-order valence-corrected chi connectivity index (χ1v) is 7.45. The van der Waals surface area contributed by atoms with Crippen LogP contribution in [0.5, 0.6) is 5.75 Å². The van der Waals surface area contributed by atoms with Gasteiger partial charge < -0.3 is 4.74 Å². The molecule has 108 valence electrons. The van der Waals surface area contributed by atoms with Crippen LogP contribution in [0.3, 0.4) is 0 Å². The Labute approximate surface area is 129 Å². The Morgan fingerprint density at radius 3 is 2.50 bits per heavy atom. The molecular weight excluding hydrogens is 300 g/mol. The molecule has 1 aliphatic heterocycles. The highest BCUT2D eigenvalue weighted by Crippen LogP contribution is 2.36. The van der Waals surface area contributed by atoms with E-state index in [2.05, 4.69) is 4.37 Å². The summed E-state index contributed by atoms with van der Waals surface area (Å²) in [5, 5.41) is 3.14. The highest BCUT2D eigenvalue weighted by molar-refractivity contribution is 7.03. The monoisotopic (exact) mass is 310 g/mol. The van der Waals surface area contributed by atoms with Crippen molar-refractivity contribution in [3.05, 3.63) is 52.9 Å². The molecule has 0 fully saturated rings. The molecule has 2 aromatic carbocycles. The standard InChI is InChI=1S/C16H10N2O3S/c1-21-12-6-5-11-14-9(12)3-2-4-10(14)15(19)18(16(11)20)13-7-8-22-17-13/h2-8H,1H3. The van der Waals surface area contributed by atoms with Crippen molar-refractivity contribution in [1.82, 2.24) is 4.37 Å². The number of anilines is 1. The van der Waals surface area contributed by atoms with E-state index in [4.69, 9.17) is 4.74 Å². The Morgan fingerprint density at radius 1 is 1.05 bits per heavy atom. The van der Waals surface area contributed by atoms with E-state index in [-0.39, 0.29) is 11.8 Å². The van der Waals surface area contributed by atoms with Crippen LogP contribution in [0.1, 0.15) is 20.7 Å². The maximum atomic E-state index is 12.7. The predicted molar refractivity (Wildman–Crippen MR) is 83.8 cm³/mol. The third-order valence-corrected chi connectivity index (χ3v) is 4.29. The summed E-state index contributed by atoms with van der Waals surface area (Å²) >= 11 is 1.20. The van der Waals surface area contributed by atoms with Gasteiger partial charge in [-0.1, -0.05) is 12.1 Å². The van der Waals surface area contributed by atoms with Gasteiger partial charge in [0.05, 0.1) is 7.11 Å². The largest absolute Gasteiger partial charge is 0.496 e. The van der Waals surface area contributed by atoms with Crippen LogP contribution in [0, 0.1) is 0 Å². The molecule has 0 spiro atoms.